The van der Waals surface area contributed by atoms with Crippen LogP contribution >= 0.6 is 0 Å². The van der Waals surface area contributed by atoms with Crippen LogP contribution in [0.2, 0.25) is 0 Å². The summed E-state index contributed by atoms with van der Waals surface area (Å²) in [7, 11) is 0. The van der Waals surface area contributed by atoms with Crippen LogP contribution in [0.1, 0.15) is 38.9 Å². The van der Waals surface area contributed by atoms with Crippen molar-refractivity contribution >= 4 is 5.91 Å². The lowest BCUT2D eigenvalue weighted by Gasteiger charge is -2.11. The van der Waals surface area contributed by atoms with Crippen LogP contribution in [-0.2, 0) is 4.79 Å². The number of amides is 1. The van der Waals surface area contributed by atoms with E-state index in [1.54, 1.807) is 12.1 Å². The van der Waals surface area contributed by atoms with E-state index in [0.29, 0.717) is 24.6 Å². The van der Waals surface area contributed by atoms with E-state index >= 15 is 0 Å². The van der Waals surface area contributed by atoms with Gasteiger partial charge in [0.25, 0.3) is 5.91 Å². The predicted molar refractivity (Wildman–Crippen MR) is 75.0 cm³/mol. The minimum Gasteiger partial charge on any atom is -0.484 e. The van der Waals surface area contributed by atoms with Gasteiger partial charge in [0.1, 0.15) is 5.75 Å². The summed E-state index contributed by atoms with van der Waals surface area (Å²) in [5.41, 5.74) is 0.860. The fourth-order valence-corrected chi connectivity index (χ4v) is 1.54. The fraction of sp³-hybridized carbons (Fsp3) is 0.533. The molecule has 2 N–H and O–H groups in total. The monoisotopic (exact) mass is 265 g/mol. The summed E-state index contributed by atoms with van der Waals surface area (Å²) in [4.78, 5) is 11.5. The fourth-order valence-electron chi connectivity index (χ4n) is 1.54. The zero-order valence-electron chi connectivity index (χ0n) is 11.8. The normalized spacial score (nSPS) is 12.3. The number of aliphatic hydroxyl groups excluding tert-OH is 1. The molecule has 0 heterocycles. The Morgan fingerprint density at radius 3 is 2.47 bits per heavy atom. The summed E-state index contributed by atoms with van der Waals surface area (Å²) in [6.07, 6.45) is 0.237. The first-order valence-electron chi connectivity index (χ1n) is 6.70. The third-order valence-corrected chi connectivity index (χ3v) is 2.73. The van der Waals surface area contributed by atoms with Crippen LogP contribution in [0.5, 0.6) is 5.75 Å². The maximum absolute atomic E-state index is 11.5. The van der Waals surface area contributed by atoms with Crippen LogP contribution < -0.4 is 10.1 Å². The van der Waals surface area contributed by atoms with Crippen molar-refractivity contribution in [3.05, 3.63) is 29.8 Å². The second-order valence-corrected chi connectivity index (χ2v) is 4.98. The van der Waals surface area contributed by atoms with E-state index in [1.807, 2.05) is 32.9 Å². The first-order valence-corrected chi connectivity index (χ1v) is 6.70. The van der Waals surface area contributed by atoms with Gasteiger partial charge in [-0.2, -0.15) is 0 Å². The largest absolute Gasteiger partial charge is 0.484 e. The molecule has 0 aromatic heterocycles. The van der Waals surface area contributed by atoms with Gasteiger partial charge >= 0.3 is 0 Å². The molecule has 1 rings (SSSR count). The van der Waals surface area contributed by atoms with Crippen molar-refractivity contribution in [2.45, 2.75) is 33.3 Å². The highest BCUT2D eigenvalue weighted by molar-refractivity contribution is 5.77. The highest BCUT2D eigenvalue weighted by Gasteiger charge is 2.06. The molecule has 4 heteroatoms. The van der Waals surface area contributed by atoms with E-state index in [1.165, 1.54) is 0 Å². The second kappa shape index (κ2) is 7.79. The smallest absolute Gasteiger partial charge is 0.257 e. The van der Waals surface area contributed by atoms with Crippen molar-refractivity contribution in [2.75, 3.05) is 13.2 Å². The molecule has 0 spiro atoms. The Morgan fingerprint density at radius 2 is 1.95 bits per heavy atom. The van der Waals surface area contributed by atoms with Crippen LogP contribution in [0.3, 0.4) is 0 Å². The van der Waals surface area contributed by atoms with Crippen LogP contribution in [0, 0.1) is 5.92 Å². The summed E-state index contributed by atoms with van der Waals surface area (Å²) in [5, 5.41) is 12.4. The van der Waals surface area contributed by atoms with E-state index in [4.69, 9.17) is 4.74 Å². The van der Waals surface area contributed by atoms with Crippen LogP contribution in [-0.4, -0.2) is 24.2 Å². The molecular weight excluding hydrogens is 242 g/mol. The SMILES string of the molecule is CC[C@H](O)c1ccc(OCC(=O)NCC(C)C)cc1. The summed E-state index contributed by atoms with van der Waals surface area (Å²) in [6.45, 7) is 6.68. The molecule has 19 heavy (non-hydrogen) atoms. The van der Waals surface area contributed by atoms with E-state index in [0.717, 1.165) is 5.56 Å². The number of aliphatic hydroxyl groups is 1. The number of rotatable bonds is 7. The Morgan fingerprint density at radius 1 is 1.32 bits per heavy atom. The maximum atomic E-state index is 11.5. The number of hydrogen-bond acceptors (Lipinski definition) is 3. The molecule has 106 valence electrons. The van der Waals surface area contributed by atoms with E-state index in [9.17, 15) is 9.90 Å². The molecular formula is C15H23NO3. The number of nitrogens with one attached hydrogen (secondary N) is 1. The van der Waals surface area contributed by atoms with E-state index in [2.05, 4.69) is 5.32 Å². The Balaban J connectivity index is 2.39. The first-order chi connectivity index (χ1) is 9.02. The molecule has 0 saturated heterocycles. The summed E-state index contributed by atoms with van der Waals surface area (Å²) < 4.78 is 5.37. The molecule has 0 saturated carbocycles. The highest BCUT2D eigenvalue weighted by atomic mass is 16.5. The van der Waals surface area contributed by atoms with Crippen molar-refractivity contribution in [3.8, 4) is 5.75 Å². The third kappa shape index (κ3) is 5.75. The first kappa shape index (κ1) is 15.5. The zero-order valence-corrected chi connectivity index (χ0v) is 11.8. The van der Waals surface area contributed by atoms with Crippen LogP contribution in [0.25, 0.3) is 0 Å². The topological polar surface area (TPSA) is 58.6 Å². The van der Waals surface area contributed by atoms with Crippen molar-refractivity contribution in [3.63, 3.8) is 0 Å². The van der Waals surface area contributed by atoms with Gasteiger partial charge < -0.3 is 15.2 Å². The molecule has 0 radical (unpaired) electrons. The van der Waals surface area contributed by atoms with Gasteiger partial charge in [-0.15, -0.1) is 0 Å². The number of carbonyl (C=O) groups excluding carboxylic acids is 1. The van der Waals surface area contributed by atoms with Gasteiger partial charge in [-0.1, -0.05) is 32.9 Å². The molecule has 1 amide bonds. The molecule has 0 aliphatic heterocycles. The van der Waals surface area contributed by atoms with Crippen molar-refractivity contribution < 1.29 is 14.6 Å². The van der Waals surface area contributed by atoms with Gasteiger partial charge in [0, 0.05) is 6.54 Å². The van der Waals surface area contributed by atoms with Gasteiger partial charge in [-0.05, 0) is 30.0 Å². The van der Waals surface area contributed by atoms with Crippen LogP contribution in [0.4, 0.5) is 0 Å². The Hall–Kier alpha value is -1.55. The van der Waals surface area contributed by atoms with Gasteiger partial charge in [0.2, 0.25) is 0 Å². The number of hydrogen-bond donors (Lipinski definition) is 2. The number of carbonyl (C=O) groups is 1. The highest BCUT2D eigenvalue weighted by Crippen LogP contribution is 2.19. The van der Waals surface area contributed by atoms with Crippen molar-refractivity contribution in [1.82, 2.24) is 5.32 Å². The van der Waals surface area contributed by atoms with E-state index in [-0.39, 0.29) is 12.5 Å². The minimum atomic E-state index is -0.441. The lowest BCUT2D eigenvalue weighted by atomic mass is 10.1. The van der Waals surface area contributed by atoms with Gasteiger partial charge in [-0.3, -0.25) is 4.79 Å². The quantitative estimate of drug-likeness (QED) is 0.795. The van der Waals surface area contributed by atoms with Gasteiger partial charge in [0.05, 0.1) is 6.10 Å². The Kier molecular flexibility index (Phi) is 6.36. The molecule has 0 unspecified atom stereocenters. The van der Waals surface area contributed by atoms with Crippen molar-refractivity contribution in [1.29, 1.82) is 0 Å². The summed E-state index contributed by atoms with van der Waals surface area (Å²) in [6, 6.07) is 7.17. The standard InChI is InChI=1S/C15H23NO3/c1-4-14(17)12-5-7-13(8-6-12)19-10-15(18)16-9-11(2)3/h5-8,11,14,17H,4,9-10H2,1-3H3,(H,16,18)/t14-/m0/s1. The molecule has 0 bridgehead atoms. The molecule has 0 fully saturated rings. The molecule has 1 atom stereocenters. The average Bonchev–Trinajstić information content (AvgIpc) is 2.42. The zero-order chi connectivity index (χ0) is 14.3. The maximum Gasteiger partial charge on any atom is 0.257 e. The Bertz CT molecular complexity index is 387. The van der Waals surface area contributed by atoms with E-state index < -0.39 is 6.10 Å². The Labute approximate surface area is 114 Å². The predicted octanol–water partition coefficient (Wildman–Crippen LogP) is 2.28. The summed E-state index contributed by atoms with van der Waals surface area (Å²) in [5.74, 6) is 0.942. The lowest BCUT2D eigenvalue weighted by molar-refractivity contribution is -0.123. The minimum absolute atomic E-state index is 0.0163. The summed E-state index contributed by atoms with van der Waals surface area (Å²) >= 11 is 0. The molecule has 0 aliphatic rings. The molecule has 1 aromatic rings. The van der Waals surface area contributed by atoms with Gasteiger partial charge in [-0.25, -0.2) is 0 Å². The second-order valence-electron chi connectivity index (χ2n) is 4.98. The molecule has 4 nitrogen and oxygen atoms in total. The lowest BCUT2D eigenvalue weighted by Crippen LogP contribution is -2.31. The third-order valence-electron chi connectivity index (χ3n) is 2.73. The van der Waals surface area contributed by atoms with Gasteiger partial charge in [0.15, 0.2) is 6.61 Å². The van der Waals surface area contributed by atoms with Crippen LogP contribution in [0.15, 0.2) is 24.3 Å². The number of benzene rings is 1. The van der Waals surface area contributed by atoms with Crippen molar-refractivity contribution in [2.24, 2.45) is 5.92 Å². The molecule has 1 aromatic carbocycles. The average molecular weight is 265 g/mol. The molecule has 0 aliphatic carbocycles. The number of ether oxygens (including phenoxy) is 1.